The Labute approximate surface area is 126 Å². The van der Waals surface area contributed by atoms with Gasteiger partial charge in [0, 0.05) is 11.8 Å². The molecule has 0 fully saturated rings. The van der Waals surface area contributed by atoms with Crippen LogP contribution in [-0.4, -0.2) is 17.7 Å². The van der Waals surface area contributed by atoms with E-state index in [4.69, 9.17) is 13.9 Å². The average Bonchev–Trinajstić information content (AvgIpc) is 2.90. The zero-order chi connectivity index (χ0) is 15.4. The first-order valence-electron chi connectivity index (χ1n) is 6.82. The van der Waals surface area contributed by atoms with Crippen molar-refractivity contribution in [1.29, 1.82) is 0 Å². The number of nitrogens with one attached hydrogen (secondary N) is 1. The normalized spacial score (nSPS) is 10.4. The number of carbonyl (C=O) groups excluding carboxylic acids is 1. The Bertz CT molecular complexity index is 764. The van der Waals surface area contributed by atoms with Gasteiger partial charge in [0.2, 0.25) is 0 Å². The molecule has 1 amide bonds. The summed E-state index contributed by atoms with van der Waals surface area (Å²) in [4.78, 5) is 15.6. The lowest BCUT2D eigenvalue weighted by Gasteiger charge is -2.06. The van der Waals surface area contributed by atoms with Gasteiger partial charge in [0.1, 0.15) is 11.3 Å². The van der Waals surface area contributed by atoms with Crippen LogP contribution in [0.3, 0.4) is 0 Å². The molecule has 6 nitrogen and oxygen atoms in total. The fourth-order valence-corrected chi connectivity index (χ4v) is 1.92. The molecule has 1 N–H and O–H groups in total. The van der Waals surface area contributed by atoms with Crippen LogP contribution in [0.5, 0.6) is 11.8 Å². The summed E-state index contributed by atoms with van der Waals surface area (Å²) in [6.07, 6.45) is -0.365. The minimum atomic E-state index is -0.512. The average molecular weight is 298 g/mol. The maximum atomic E-state index is 11.4. The van der Waals surface area contributed by atoms with Gasteiger partial charge < -0.3 is 13.9 Å². The van der Waals surface area contributed by atoms with Crippen LogP contribution < -0.4 is 10.1 Å². The first-order valence-corrected chi connectivity index (χ1v) is 6.82. The van der Waals surface area contributed by atoms with Crippen LogP contribution in [0.25, 0.3) is 11.1 Å². The van der Waals surface area contributed by atoms with Crippen molar-refractivity contribution in [2.75, 3.05) is 11.9 Å². The van der Waals surface area contributed by atoms with Crippen molar-refractivity contribution < 1.29 is 18.7 Å². The molecule has 0 saturated heterocycles. The quantitative estimate of drug-likeness (QED) is 0.781. The Kier molecular flexibility index (Phi) is 3.91. The van der Waals surface area contributed by atoms with Crippen molar-refractivity contribution in [2.45, 2.75) is 6.92 Å². The number of oxazole rings is 1. The maximum absolute atomic E-state index is 11.4. The molecule has 0 aliphatic rings. The van der Waals surface area contributed by atoms with Crippen molar-refractivity contribution in [3.05, 3.63) is 48.5 Å². The summed E-state index contributed by atoms with van der Waals surface area (Å²) in [5.41, 5.74) is 1.93. The predicted molar refractivity (Wildman–Crippen MR) is 81.2 cm³/mol. The molecule has 2 aromatic carbocycles. The molecule has 6 heteroatoms. The molecule has 22 heavy (non-hydrogen) atoms. The summed E-state index contributed by atoms with van der Waals surface area (Å²) in [6.45, 7) is 2.05. The first kappa shape index (κ1) is 13.9. The monoisotopic (exact) mass is 298 g/mol. The number of para-hydroxylation sites is 2. The second kappa shape index (κ2) is 6.17. The van der Waals surface area contributed by atoms with Crippen LogP contribution >= 0.6 is 0 Å². The molecule has 3 aromatic rings. The van der Waals surface area contributed by atoms with E-state index in [9.17, 15) is 4.79 Å². The van der Waals surface area contributed by atoms with E-state index in [1.165, 1.54) is 0 Å². The van der Waals surface area contributed by atoms with E-state index < -0.39 is 6.09 Å². The fourth-order valence-electron chi connectivity index (χ4n) is 1.92. The van der Waals surface area contributed by atoms with Crippen molar-refractivity contribution >= 4 is 22.9 Å². The Morgan fingerprint density at radius 2 is 2.09 bits per heavy atom. The van der Waals surface area contributed by atoms with E-state index in [1.807, 2.05) is 24.3 Å². The summed E-state index contributed by atoms with van der Waals surface area (Å²) in [6, 6.07) is 14.3. The van der Waals surface area contributed by atoms with Gasteiger partial charge >= 0.3 is 12.2 Å². The second-order valence-corrected chi connectivity index (χ2v) is 4.42. The van der Waals surface area contributed by atoms with Crippen molar-refractivity contribution in [1.82, 2.24) is 4.98 Å². The van der Waals surface area contributed by atoms with Gasteiger partial charge in [0.05, 0.1) is 6.61 Å². The molecular weight excluding hydrogens is 284 g/mol. The number of benzene rings is 2. The minimum absolute atomic E-state index is 0.148. The van der Waals surface area contributed by atoms with E-state index >= 15 is 0 Å². The summed E-state index contributed by atoms with van der Waals surface area (Å²) in [5, 5.41) is 2.60. The summed E-state index contributed by atoms with van der Waals surface area (Å²) in [5.74, 6) is 0.501. The Morgan fingerprint density at radius 1 is 1.23 bits per heavy atom. The van der Waals surface area contributed by atoms with E-state index in [2.05, 4.69) is 10.3 Å². The largest absolute Gasteiger partial charge is 0.450 e. The molecule has 0 spiro atoms. The highest BCUT2D eigenvalue weighted by atomic mass is 16.6. The maximum Gasteiger partial charge on any atom is 0.411 e. The molecule has 3 rings (SSSR count). The number of fused-ring (bicyclic) bond motifs is 1. The number of rotatable bonds is 4. The second-order valence-electron chi connectivity index (χ2n) is 4.42. The molecule has 0 saturated carbocycles. The predicted octanol–water partition coefficient (Wildman–Crippen LogP) is 4.19. The van der Waals surface area contributed by atoms with Gasteiger partial charge in [-0.25, -0.2) is 4.79 Å². The van der Waals surface area contributed by atoms with Crippen molar-refractivity contribution in [3.63, 3.8) is 0 Å². The molecule has 0 bridgehead atoms. The van der Waals surface area contributed by atoms with Crippen LogP contribution in [0.15, 0.2) is 52.9 Å². The highest BCUT2D eigenvalue weighted by Gasteiger charge is 2.08. The first-order chi connectivity index (χ1) is 10.7. The minimum Gasteiger partial charge on any atom is -0.450 e. The topological polar surface area (TPSA) is 73.6 Å². The molecule has 0 aliphatic heterocycles. The van der Waals surface area contributed by atoms with E-state index in [0.29, 0.717) is 23.6 Å². The summed E-state index contributed by atoms with van der Waals surface area (Å²) in [7, 11) is 0. The third-order valence-electron chi connectivity index (χ3n) is 2.84. The van der Waals surface area contributed by atoms with Crippen LogP contribution in [-0.2, 0) is 4.74 Å². The highest BCUT2D eigenvalue weighted by Crippen LogP contribution is 2.26. The number of hydrogen-bond acceptors (Lipinski definition) is 5. The molecule has 1 heterocycles. The number of amides is 1. The number of carbonyl (C=O) groups is 1. The fraction of sp³-hybridized carbons (Fsp3) is 0.125. The molecule has 0 aliphatic carbocycles. The number of anilines is 1. The zero-order valence-electron chi connectivity index (χ0n) is 11.9. The van der Waals surface area contributed by atoms with Crippen molar-refractivity contribution in [2.24, 2.45) is 0 Å². The van der Waals surface area contributed by atoms with E-state index in [-0.39, 0.29) is 6.08 Å². The van der Waals surface area contributed by atoms with Crippen LogP contribution in [0.1, 0.15) is 6.92 Å². The molecular formula is C16H14N2O4. The molecule has 0 atom stereocenters. The molecule has 1 aromatic heterocycles. The third-order valence-corrected chi connectivity index (χ3v) is 2.84. The van der Waals surface area contributed by atoms with E-state index in [1.54, 1.807) is 31.2 Å². The van der Waals surface area contributed by atoms with Crippen LogP contribution in [0, 0.1) is 0 Å². The lowest BCUT2D eigenvalue weighted by Crippen LogP contribution is -2.13. The Hall–Kier alpha value is -3.02. The smallest absolute Gasteiger partial charge is 0.411 e. The van der Waals surface area contributed by atoms with Gasteiger partial charge in [-0.2, -0.15) is 4.98 Å². The van der Waals surface area contributed by atoms with Gasteiger partial charge in [-0.3, -0.25) is 5.32 Å². The zero-order valence-corrected chi connectivity index (χ0v) is 11.9. The number of nitrogens with zero attached hydrogens (tertiary/aromatic N) is 1. The number of aromatic nitrogens is 1. The summed E-state index contributed by atoms with van der Waals surface area (Å²) >= 11 is 0. The Morgan fingerprint density at radius 3 is 2.91 bits per heavy atom. The van der Waals surface area contributed by atoms with Crippen LogP contribution in [0.2, 0.25) is 0 Å². The standard InChI is InChI=1S/C16H14N2O4/c1-2-20-15(19)17-11-6-5-7-12(10-11)21-16-18-13-8-3-4-9-14(13)22-16/h3-10H,2H2,1H3,(H,17,19). The van der Waals surface area contributed by atoms with Gasteiger partial charge in [-0.05, 0) is 31.2 Å². The molecule has 0 unspecified atom stereocenters. The highest BCUT2D eigenvalue weighted by molar-refractivity contribution is 5.84. The number of ether oxygens (including phenoxy) is 2. The molecule has 112 valence electrons. The lowest BCUT2D eigenvalue weighted by atomic mass is 10.3. The molecule has 0 radical (unpaired) electrons. The van der Waals surface area contributed by atoms with Gasteiger partial charge in [0.25, 0.3) is 0 Å². The van der Waals surface area contributed by atoms with Gasteiger partial charge in [0.15, 0.2) is 5.58 Å². The summed E-state index contributed by atoms with van der Waals surface area (Å²) < 4.78 is 15.9. The third kappa shape index (κ3) is 3.17. The van der Waals surface area contributed by atoms with Gasteiger partial charge in [-0.15, -0.1) is 0 Å². The van der Waals surface area contributed by atoms with Gasteiger partial charge in [-0.1, -0.05) is 18.2 Å². The Balaban J connectivity index is 1.76. The lowest BCUT2D eigenvalue weighted by molar-refractivity contribution is 0.168. The van der Waals surface area contributed by atoms with E-state index in [0.717, 1.165) is 5.52 Å². The van der Waals surface area contributed by atoms with Crippen LogP contribution in [0.4, 0.5) is 10.5 Å². The van der Waals surface area contributed by atoms with Crippen molar-refractivity contribution in [3.8, 4) is 11.8 Å². The number of hydrogen-bond donors (Lipinski definition) is 1. The SMILES string of the molecule is CCOC(=O)Nc1cccc(Oc2nc3ccccc3o2)c1.